The number of rotatable bonds is 2. The summed E-state index contributed by atoms with van der Waals surface area (Å²) in [5, 5.41) is 8.97. The Morgan fingerprint density at radius 1 is 1.75 bits per heavy atom. The molecule has 1 heterocycles. The van der Waals surface area contributed by atoms with E-state index in [0.717, 1.165) is 19.4 Å². The fourth-order valence-corrected chi connectivity index (χ4v) is 2.06. The van der Waals surface area contributed by atoms with Crippen molar-refractivity contribution < 1.29 is 9.90 Å². The second-order valence-electron chi connectivity index (χ2n) is 3.81. The zero-order valence-corrected chi connectivity index (χ0v) is 8.00. The molecule has 0 aromatic heterocycles. The van der Waals surface area contributed by atoms with Gasteiger partial charge in [0, 0.05) is 5.54 Å². The molecule has 0 radical (unpaired) electrons. The van der Waals surface area contributed by atoms with E-state index >= 15 is 0 Å². The third-order valence-corrected chi connectivity index (χ3v) is 3.39. The third-order valence-electron chi connectivity index (χ3n) is 3.39. The monoisotopic (exact) mass is 171 g/mol. The van der Waals surface area contributed by atoms with Gasteiger partial charge >= 0.3 is 5.97 Å². The fraction of sp³-hybridized carbons (Fsp3) is 0.889. The predicted octanol–water partition coefficient (Wildman–Crippen LogP) is 1.19. The summed E-state index contributed by atoms with van der Waals surface area (Å²) in [6.07, 6.45) is 1.69. The minimum absolute atomic E-state index is 0.133. The molecule has 2 unspecified atom stereocenters. The second-order valence-corrected chi connectivity index (χ2v) is 3.81. The predicted molar refractivity (Wildman–Crippen MR) is 47.1 cm³/mol. The van der Waals surface area contributed by atoms with Gasteiger partial charge in [0.05, 0.1) is 5.92 Å². The molecule has 0 spiro atoms. The number of nitrogens with zero attached hydrogens (tertiary/aromatic N) is 1. The lowest BCUT2D eigenvalue weighted by molar-refractivity contribution is -0.144. The fourth-order valence-electron chi connectivity index (χ4n) is 2.06. The standard InChI is InChI=1S/C9H17NO2/c1-4-9(2)7(8(11)12)5-6-10(9)3/h7H,4-6H2,1-3H3,(H,11,12). The van der Waals surface area contributed by atoms with Crippen molar-refractivity contribution >= 4 is 5.97 Å². The molecule has 3 heteroatoms. The molecule has 70 valence electrons. The van der Waals surface area contributed by atoms with Crippen molar-refractivity contribution in [2.45, 2.75) is 32.2 Å². The number of carbonyl (C=O) groups is 1. The maximum absolute atomic E-state index is 10.9. The lowest BCUT2D eigenvalue weighted by Gasteiger charge is -2.34. The first kappa shape index (κ1) is 9.52. The van der Waals surface area contributed by atoms with Crippen LogP contribution in [-0.4, -0.2) is 35.1 Å². The Bertz CT molecular complexity index is 193. The van der Waals surface area contributed by atoms with Gasteiger partial charge in [0.15, 0.2) is 0 Å². The van der Waals surface area contributed by atoms with Crippen LogP contribution in [0.25, 0.3) is 0 Å². The average molecular weight is 171 g/mol. The summed E-state index contributed by atoms with van der Waals surface area (Å²) in [6.45, 7) is 5.00. The van der Waals surface area contributed by atoms with Gasteiger partial charge in [-0.05, 0) is 33.4 Å². The highest BCUT2D eigenvalue weighted by molar-refractivity contribution is 5.72. The minimum Gasteiger partial charge on any atom is -0.481 e. The molecular formula is C9H17NO2. The Kier molecular flexibility index (Phi) is 2.42. The van der Waals surface area contributed by atoms with Gasteiger partial charge in [0.1, 0.15) is 0 Å². The van der Waals surface area contributed by atoms with E-state index in [1.54, 1.807) is 0 Å². The van der Waals surface area contributed by atoms with E-state index in [-0.39, 0.29) is 11.5 Å². The van der Waals surface area contributed by atoms with Gasteiger partial charge < -0.3 is 10.0 Å². The topological polar surface area (TPSA) is 40.5 Å². The second kappa shape index (κ2) is 3.05. The van der Waals surface area contributed by atoms with Crippen LogP contribution in [0.4, 0.5) is 0 Å². The van der Waals surface area contributed by atoms with Crippen molar-refractivity contribution in [1.29, 1.82) is 0 Å². The number of hydrogen-bond acceptors (Lipinski definition) is 2. The van der Waals surface area contributed by atoms with Crippen LogP contribution in [0, 0.1) is 5.92 Å². The van der Waals surface area contributed by atoms with Crippen LogP contribution in [0.3, 0.4) is 0 Å². The number of likely N-dealkylation sites (tertiary alicyclic amines) is 1. The van der Waals surface area contributed by atoms with Crippen molar-refractivity contribution in [3.63, 3.8) is 0 Å². The van der Waals surface area contributed by atoms with Gasteiger partial charge in [0.25, 0.3) is 0 Å². The summed E-state index contributed by atoms with van der Waals surface area (Å²) < 4.78 is 0. The lowest BCUT2D eigenvalue weighted by atomic mass is 9.84. The summed E-state index contributed by atoms with van der Waals surface area (Å²) in [5.41, 5.74) is -0.133. The molecule has 2 atom stereocenters. The van der Waals surface area contributed by atoms with E-state index < -0.39 is 5.97 Å². The molecule has 3 nitrogen and oxygen atoms in total. The Morgan fingerprint density at radius 2 is 2.33 bits per heavy atom. The lowest BCUT2D eigenvalue weighted by Crippen LogP contribution is -2.45. The van der Waals surface area contributed by atoms with Gasteiger partial charge in [-0.1, -0.05) is 6.92 Å². The molecule has 0 amide bonds. The van der Waals surface area contributed by atoms with Crippen LogP contribution >= 0.6 is 0 Å². The Morgan fingerprint density at radius 3 is 2.67 bits per heavy atom. The molecule has 12 heavy (non-hydrogen) atoms. The maximum atomic E-state index is 10.9. The van der Waals surface area contributed by atoms with Crippen molar-refractivity contribution in [2.75, 3.05) is 13.6 Å². The number of carboxylic acids is 1. The third kappa shape index (κ3) is 1.22. The maximum Gasteiger partial charge on any atom is 0.308 e. The Balaban J connectivity index is 2.84. The summed E-state index contributed by atoms with van der Waals surface area (Å²) in [6, 6.07) is 0. The number of hydrogen-bond donors (Lipinski definition) is 1. The highest BCUT2D eigenvalue weighted by Crippen LogP contribution is 2.36. The van der Waals surface area contributed by atoms with Crippen LogP contribution in [0.15, 0.2) is 0 Å². The summed E-state index contributed by atoms with van der Waals surface area (Å²) in [7, 11) is 2.01. The first-order chi connectivity index (χ1) is 5.52. The van der Waals surface area contributed by atoms with E-state index in [2.05, 4.69) is 11.8 Å². The first-order valence-electron chi connectivity index (χ1n) is 4.46. The molecule has 0 saturated carbocycles. The molecule has 0 aromatic carbocycles. The van der Waals surface area contributed by atoms with E-state index in [0.29, 0.717) is 0 Å². The highest BCUT2D eigenvalue weighted by Gasteiger charge is 2.45. The van der Waals surface area contributed by atoms with Crippen LogP contribution in [0.5, 0.6) is 0 Å². The number of aliphatic carboxylic acids is 1. The minimum atomic E-state index is -0.649. The van der Waals surface area contributed by atoms with E-state index in [1.165, 1.54) is 0 Å². The highest BCUT2D eigenvalue weighted by atomic mass is 16.4. The van der Waals surface area contributed by atoms with Crippen molar-refractivity contribution in [3.8, 4) is 0 Å². The number of carboxylic acid groups (broad SMARTS) is 1. The molecule has 1 saturated heterocycles. The quantitative estimate of drug-likeness (QED) is 0.678. The van der Waals surface area contributed by atoms with E-state index in [1.807, 2.05) is 14.0 Å². The summed E-state index contributed by atoms with van der Waals surface area (Å²) in [5.74, 6) is -0.837. The molecule has 1 rings (SSSR count). The molecule has 1 fully saturated rings. The molecule has 1 N–H and O–H groups in total. The summed E-state index contributed by atoms with van der Waals surface area (Å²) in [4.78, 5) is 13.1. The van der Waals surface area contributed by atoms with Crippen LogP contribution in [-0.2, 0) is 4.79 Å². The molecule has 1 aliphatic heterocycles. The van der Waals surface area contributed by atoms with Crippen molar-refractivity contribution in [3.05, 3.63) is 0 Å². The SMILES string of the molecule is CCC1(C)C(C(=O)O)CCN1C. The van der Waals surface area contributed by atoms with Gasteiger partial charge in [-0.25, -0.2) is 0 Å². The van der Waals surface area contributed by atoms with Gasteiger partial charge in [-0.15, -0.1) is 0 Å². The first-order valence-corrected chi connectivity index (χ1v) is 4.46. The zero-order chi connectivity index (χ0) is 9.35. The van der Waals surface area contributed by atoms with E-state index in [4.69, 9.17) is 5.11 Å². The van der Waals surface area contributed by atoms with Crippen molar-refractivity contribution in [2.24, 2.45) is 5.92 Å². The van der Waals surface area contributed by atoms with Gasteiger partial charge in [-0.2, -0.15) is 0 Å². The largest absolute Gasteiger partial charge is 0.481 e. The molecule has 1 aliphatic rings. The molecule has 0 aliphatic carbocycles. The average Bonchev–Trinajstić information content (AvgIpc) is 2.30. The van der Waals surface area contributed by atoms with E-state index in [9.17, 15) is 4.79 Å². The van der Waals surface area contributed by atoms with Crippen LogP contribution in [0.2, 0.25) is 0 Å². The summed E-state index contributed by atoms with van der Waals surface area (Å²) >= 11 is 0. The van der Waals surface area contributed by atoms with Gasteiger partial charge in [-0.3, -0.25) is 4.79 Å². The van der Waals surface area contributed by atoms with Crippen LogP contribution < -0.4 is 0 Å². The Hall–Kier alpha value is -0.570. The van der Waals surface area contributed by atoms with Crippen molar-refractivity contribution in [1.82, 2.24) is 4.90 Å². The zero-order valence-electron chi connectivity index (χ0n) is 8.00. The van der Waals surface area contributed by atoms with Crippen LogP contribution in [0.1, 0.15) is 26.7 Å². The van der Waals surface area contributed by atoms with Gasteiger partial charge in [0.2, 0.25) is 0 Å². The Labute approximate surface area is 73.4 Å². The normalized spacial score (nSPS) is 37.1. The molecular weight excluding hydrogens is 154 g/mol. The molecule has 0 aromatic rings. The molecule has 0 bridgehead atoms. The smallest absolute Gasteiger partial charge is 0.308 e.